The fourth-order valence-corrected chi connectivity index (χ4v) is 2.66. The first-order chi connectivity index (χ1) is 9.13. The van der Waals surface area contributed by atoms with E-state index in [4.69, 9.17) is 5.73 Å². The largest absolute Gasteiger partial charge is 0.335 e. The maximum Gasteiger partial charge on any atom is 0.240 e. The van der Waals surface area contributed by atoms with E-state index >= 15 is 0 Å². The van der Waals surface area contributed by atoms with Crippen LogP contribution in [0.15, 0.2) is 30.3 Å². The highest BCUT2D eigenvalue weighted by Gasteiger charge is 2.35. The first kappa shape index (κ1) is 14.0. The van der Waals surface area contributed by atoms with Crippen molar-refractivity contribution in [3.8, 4) is 0 Å². The van der Waals surface area contributed by atoms with E-state index in [1.54, 1.807) is 0 Å². The van der Waals surface area contributed by atoms with Crippen LogP contribution in [0.3, 0.4) is 0 Å². The SMILES string of the molecule is CC1CN(Cc2ccccc2)C(=O)C(CCN)N1C. The lowest BCUT2D eigenvalue weighted by Crippen LogP contribution is -2.59. The zero-order chi connectivity index (χ0) is 13.8. The maximum absolute atomic E-state index is 12.5. The van der Waals surface area contributed by atoms with Crippen LogP contribution in [0.25, 0.3) is 0 Å². The van der Waals surface area contributed by atoms with E-state index < -0.39 is 0 Å². The van der Waals surface area contributed by atoms with Gasteiger partial charge in [-0.1, -0.05) is 30.3 Å². The molecule has 19 heavy (non-hydrogen) atoms. The monoisotopic (exact) mass is 261 g/mol. The molecule has 4 nitrogen and oxygen atoms in total. The van der Waals surface area contributed by atoms with Crippen molar-refractivity contribution in [2.75, 3.05) is 20.1 Å². The number of likely N-dealkylation sites (N-methyl/N-ethyl adjacent to an activating group) is 1. The van der Waals surface area contributed by atoms with Crippen LogP contribution in [0.2, 0.25) is 0 Å². The van der Waals surface area contributed by atoms with Crippen molar-refractivity contribution in [3.05, 3.63) is 35.9 Å². The molecule has 0 spiro atoms. The van der Waals surface area contributed by atoms with Gasteiger partial charge in [-0.15, -0.1) is 0 Å². The van der Waals surface area contributed by atoms with Crippen molar-refractivity contribution in [3.63, 3.8) is 0 Å². The Kier molecular flexibility index (Phi) is 4.56. The molecule has 2 atom stereocenters. The Morgan fingerprint density at radius 1 is 1.32 bits per heavy atom. The van der Waals surface area contributed by atoms with Gasteiger partial charge in [0.15, 0.2) is 0 Å². The highest BCUT2D eigenvalue weighted by Crippen LogP contribution is 2.19. The maximum atomic E-state index is 12.5. The number of hydrogen-bond acceptors (Lipinski definition) is 3. The Morgan fingerprint density at radius 2 is 2.00 bits per heavy atom. The van der Waals surface area contributed by atoms with Gasteiger partial charge in [-0.2, -0.15) is 0 Å². The molecule has 0 radical (unpaired) electrons. The molecule has 1 heterocycles. The number of amides is 1. The summed E-state index contributed by atoms with van der Waals surface area (Å²) in [7, 11) is 2.02. The van der Waals surface area contributed by atoms with Crippen molar-refractivity contribution in [1.82, 2.24) is 9.80 Å². The van der Waals surface area contributed by atoms with Crippen molar-refractivity contribution in [1.29, 1.82) is 0 Å². The van der Waals surface area contributed by atoms with Crippen LogP contribution in [0.5, 0.6) is 0 Å². The fourth-order valence-electron chi connectivity index (χ4n) is 2.66. The summed E-state index contributed by atoms with van der Waals surface area (Å²) in [4.78, 5) is 16.6. The first-order valence-corrected chi connectivity index (χ1v) is 6.88. The molecule has 2 unspecified atom stereocenters. The van der Waals surface area contributed by atoms with Crippen LogP contribution in [-0.2, 0) is 11.3 Å². The van der Waals surface area contributed by atoms with Crippen molar-refractivity contribution in [2.24, 2.45) is 5.73 Å². The van der Waals surface area contributed by atoms with Crippen molar-refractivity contribution in [2.45, 2.75) is 32.0 Å². The number of piperazine rings is 1. The minimum absolute atomic E-state index is 0.0718. The van der Waals surface area contributed by atoms with Crippen molar-refractivity contribution >= 4 is 5.91 Å². The Balaban J connectivity index is 2.10. The summed E-state index contributed by atoms with van der Waals surface area (Å²) in [6, 6.07) is 10.4. The summed E-state index contributed by atoms with van der Waals surface area (Å²) in [6.45, 7) is 4.19. The number of rotatable bonds is 4. The topological polar surface area (TPSA) is 49.6 Å². The van der Waals surface area contributed by atoms with E-state index in [1.165, 1.54) is 5.56 Å². The molecule has 1 amide bonds. The van der Waals surface area contributed by atoms with Crippen LogP contribution in [-0.4, -0.2) is 47.9 Å². The first-order valence-electron chi connectivity index (χ1n) is 6.88. The Labute approximate surface area is 115 Å². The van der Waals surface area contributed by atoms with Crippen LogP contribution in [0.1, 0.15) is 18.9 Å². The van der Waals surface area contributed by atoms with Crippen LogP contribution < -0.4 is 5.73 Å². The molecule has 1 aromatic carbocycles. The molecule has 2 rings (SSSR count). The van der Waals surface area contributed by atoms with E-state index in [0.29, 0.717) is 19.1 Å². The number of nitrogens with two attached hydrogens (primary N) is 1. The second-order valence-electron chi connectivity index (χ2n) is 5.31. The molecule has 4 heteroatoms. The lowest BCUT2D eigenvalue weighted by molar-refractivity contribution is -0.144. The number of hydrogen-bond donors (Lipinski definition) is 1. The Morgan fingerprint density at radius 3 is 2.63 bits per heavy atom. The van der Waals surface area contributed by atoms with Gasteiger partial charge in [-0.25, -0.2) is 0 Å². The number of benzene rings is 1. The molecule has 0 saturated carbocycles. The molecule has 1 aliphatic rings. The summed E-state index contributed by atoms with van der Waals surface area (Å²) < 4.78 is 0. The fraction of sp³-hybridized carbons (Fsp3) is 0.533. The number of carbonyl (C=O) groups excluding carboxylic acids is 1. The molecule has 1 saturated heterocycles. The van der Waals surface area contributed by atoms with Gasteiger partial charge in [0.25, 0.3) is 0 Å². The third kappa shape index (κ3) is 3.14. The third-order valence-electron chi connectivity index (χ3n) is 3.92. The van der Waals surface area contributed by atoms with Gasteiger partial charge in [0.05, 0.1) is 6.04 Å². The zero-order valence-electron chi connectivity index (χ0n) is 11.7. The average Bonchev–Trinajstić information content (AvgIpc) is 2.42. The van der Waals surface area contributed by atoms with E-state index in [-0.39, 0.29) is 11.9 Å². The minimum Gasteiger partial charge on any atom is -0.335 e. The van der Waals surface area contributed by atoms with Crippen molar-refractivity contribution < 1.29 is 4.79 Å². The summed E-state index contributed by atoms with van der Waals surface area (Å²) >= 11 is 0. The summed E-state index contributed by atoms with van der Waals surface area (Å²) in [5.41, 5.74) is 6.81. The van der Waals surface area contributed by atoms with E-state index in [1.807, 2.05) is 30.1 Å². The van der Waals surface area contributed by atoms with Gasteiger partial charge in [-0.05, 0) is 32.5 Å². The second-order valence-corrected chi connectivity index (χ2v) is 5.31. The summed E-state index contributed by atoms with van der Waals surface area (Å²) in [5.74, 6) is 0.204. The number of nitrogens with zero attached hydrogens (tertiary/aromatic N) is 2. The smallest absolute Gasteiger partial charge is 0.240 e. The quantitative estimate of drug-likeness (QED) is 0.882. The van der Waals surface area contributed by atoms with Gasteiger partial charge >= 0.3 is 0 Å². The molecule has 0 bridgehead atoms. The van der Waals surface area contributed by atoms with Gasteiger partial charge in [0, 0.05) is 19.1 Å². The standard InChI is InChI=1S/C15H23N3O/c1-12-10-18(11-13-6-4-3-5-7-13)15(19)14(8-9-16)17(12)2/h3-7,12,14H,8-11,16H2,1-2H3. The van der Waals surface area contributed by atoms with E-state index in [0.717, 1.165) is 13.0 Å². The van der Waals surface area contributed by atoms with Crippen LogP contribution in [0, 0.1) is 0 Å². The minimum atomic E-state index is -0.0718. The van der Waals surface area contributed by atoms with Gasteiger partial charge < -0.3 is 10.6 Å². The summed E-state index contributed by atoms with van der Waals surface area (Å²) in [6.07, 6.45) is 0.727. The van der Waals surface area contributed by atoms with Crippen LogP contribution in [0.4, 0.5) is 0 Å². The van der Waals surface area contributed by atoms with Gasteiger partial charge in [0.1, 0.15) is 0 Å². The van der Waals surface area contributed by atoms with E-state index in [2.05, 4.69) is 24.0 Å². The highest BCUT2D eigenvalue weighted by molar-refractivity contribution is 5.82. The summed E-state index contributed by atoms with van der Waals surface area (Å²) in [5, 5.41) is 0. The molecule has 2 N–H and O–H groups in total. The molecule has 1 fully saturated rings. The normalized spacial score (nSPS) is 24.8. The molecular weight excluding hydrogens is 238 g/mol. The highest BCUT2D eigenvalue weighted by atomic mass is 16.2. The lowest BCUT2D eigenvalue weighted by Gasteiger charge is -2.43. The molecule has 1 aromatic rings. The average molecular weight is 261 g/mol. The lowest BCUT2D eigenvalue weighted by atomic mass is 10.0. The number of carbonyl (C=O) groups is 1. The molecule has 104 valence electrons. The third-order valence-corrected chi connectivity index (χ3v) is 3.92. The Bertz CT molecular complexity index is 421. The molecular formula is C15H23N3O. The molecule has 0 aliphatic carbocycles. The zero-order valence-corrected chi connectivity index (χ0v) is 11.7. The van der Waals surface area contributed by atoms with Gasteiger partial charge in [0.2, 0.25) is 5.91 Å². The Hall–Kier alpha value is -1.39. The predicted octanol–water partition coefficient (Wildman–Crippen LogP) is 1.07. The molecule has 1 aliphatic heterocycles. The van der Waals surface area contributed by atoms with E-state index in [9.17, 15) is 4.79 Å². The molecule has 0 aromatic heterocycles. The predicted molar refractivity (Wildman–Crippen MR) is 76.5 cm³/mol. The second kappa shape index (κ2) is 6.17. The van der Waals surface area contributed by atoms with Gasteiger partial charge in [-0.3, -0.25) is 9.69 Å². The van der Waals surface area contributed by atoms with Crippen LogP contribution >= 0.6 is 0 Å².